The number of hydrogen-bond donors (Lipinski definition) is 5. The van der Waals surface area contributed by atoms with Crippen molar-refractivity contribution in [2.45, 2.75) is 31.0 Å². The van der Waals surface area contributed by atoms with E-state index in [9.17, 15) is 19.2 Å². The number of nitrogen functional groups attached to an aromatic ring is 3. The van der Waals surface area contributed by atoms with E-state index < -0.39 is 41.0 Å². The van der Waals surface area contributed by atoms with Crippen molar-refractivity contribution < 1.29 is 33.7 Å². The molecule has 2 unspecified atom stereocenters. The zero-order valence-corrected chi connectivity index (χ0v) is 22.0. The number of anilines is 3. The third kappa shape index (κ3) is 5.23. The Kier molecular flexibility index (Phi) is 7.75. The lowest BCUT2D eigenvalue weighted by atomic mass is 10.0. The number of amides is 2. The van der Waals surface area contributed by atoms with Gasteiger partial charge in [0.05, 0.1) is 11.4 Å². The summed E-state index contributed by atoms with van der Waals surface area (Å²) in [5.74, 6) is -2.31. The van der Waals surface area contributed by atoms with E-state index in [-0.39, 0.29) is 20.9 Å². The van der Waals surface area contributed by atoms with E-state index in [2.05, 4.69) is 15.5 Å². The highest BCUT2D eigenvalue weighted by Crippen LogP contribution is 2.39. The number of thiazole rings is 1. The van der Waals surface area contributed by atoms with Crippen LogP contribution in [0.15, 0.2) is 34.9 Å². The standard InChI is InChI=1S/C21H21ClN8O6S2/c1-8(20(34)35)36-28-14(13-16(22)38-21(25)27-13)17(32)26-15-18(33)30-12(6-31)9(7-37-19(15)30)4-29-3-2-10(23)11(24)5-29/h2-3,5-6,8,15,19,23H,4,7,24H2,1H3,(H4,25,26,27,32,34,35)/p+1/b28-14-/t8-,15?,19?/m0/s1. The van der Waals surface area contributed by atoms with Gasteiger partial charge in [-0.3, -0.25) is 19.3 Å². The Bertz CT molecular complexity index is 1400. The van der Waals surface area contributed by atoms with E-state index in [0.717, 1.165) is 11.3 Å². The van der Waals surface area contributed by atoms with Crippen molar-refractivity contribution in [1.29, 1.82) is 0 Å². The Morgan fingerprint density at radius 3 is 2.76 bits per heavy atom. The lowest BCUT2D eigenvalue weighted by molar-refractivity contribution is -0.688. The van der Waals surface area contributed by atoms with Gasteiger partial charge in [-0.1, -0.05) is 28.1 Å². The van der Waals surface area contributed by atoms with Crippen LogP contribution in [0.5, 0.6) is 0 Å². The molecule has 2 amide bonds. The number of nitrogens with zero attached hydrogens (tertiary/aromatic N) is 4. The minimum Gasteiger partial charge on any atom is -0.478 e. The zero-order chi connectivity index (χ0) is 27.7. The number of β-lactam (4-membered cyclic amide) rings is 1. The summed E-state index contributed by atoms with van der Waals surface area (Å²) < 4.78 is 1.77. The fourth-order valence-corrected chi connectivity index (χ4v) is 5.93. The van der Waals surface area contributed by atoms with Gasteiger partial charge in [0.1, 0.15) is 27.1 Å². The van der Waals surface area contributed by atoms with E-state index in [1.807, 2.05) is 0 Å². The second-order valence-corrected chi connectivity index (χ2v) is 10.9. The predicted octanol–water partition coefficient (Wildman–Crippen LogP) is -0.422. The first-order valence-corrected chi connectivity index (χ1v) is 13.1. The van der Waals surface area contributed by atoms with Crippen LogP contribution >= 0.6 is 34.7 Å². The van der Waals surface area contributed by atoms with Crippen LogP contribution in [0.25, 0.3) is 0 Å². The second-order valence-electron chi connectivity index (χ2n) is 8.20. The molecular weight excluding hydrogens is 560 g/mol. The number of nitrogens with one attached hydrogen (secondary N) is 1. The fraction of sp³-hybridized carbons (Fsp3) is 0.286. The highest BCUT2D eigenvalue weighted by atomic mass is 35.5. The lowest BCUT2D eigenvalue weighted by Crippen LogP contribution is -2.70. The zero-order valence-electron chi connectivity index (χ0n) is 19.7. The van der Waals surface area contributed by atoms with Crippen molar-refractivity contribution in [3.05, 3.63) is 39.8 Å². The van der Waals surface area contributed by atoms with Gasteiger partial charge >= 0.3 is 5.97 Å². The van der Waals surface area contributed by atoms with E-state index >= 15 is 0 Å². The van der Waals surface area contributed by atoms with Crippen LogP contribution in [-0.4, -0.2) is 68.0 Å². The summed E-state index contributed by atoms with van der Waals surface area (Å²) in [4.78, 5) is 59.4. The number of oxime groups is 1. The Balaban J connectivity index is 1.54. The highest BCUT2D eigenvalue weighted by Gasteiger charge is 2.53. The number of nitrogens with two attached hydrogens (primary N) is 3. The molecule has 0 spiro atoms. The molecule has 38 heavy (non-hydrogen) atoms. The summed E-state index contributed by atoms with van der Waals surface area (Å²) in [6.45, 7) is 1.52. The SMILES string of the molecule is C[C@H](O/N=C(\C(=O)NC1C(=O)N2C(C=O)=C(C[n+]3ccc(N)c(N)c3)CSC12)c1nc(N)sc1Cl)C(=O)O. The van der Waals surface area contributed by atoms with Gasteiger partial charge in [-0.2, -0.15) is 4.57 Å². The van der Waals surface area contributed by atoms with Crippen LogP contribution in [0.3, 0.4) is 0 Å². The van der Waals surface area contributed by atoms with Crippen LogP contribution in [0.4, 0.5) is 16.5 Å². The minimum absolute atomic E-state index is 0.0215. The molecule has 0 aromatic carbocycles. The molecule has 3 atom stereocenters. The van der Waals surface area contributed by atoms with Gasteiger partial charge in [-0.15, -0.1) is 11.8 Å². The van der Waals surface area contributed by atoms with E-state index in [1.165, 1.54) is 23.6 Å². The summed E-state index contributed by atoms with van der Waals surface area (Å²) >= 11 is 8.36. The topological polar surface area (TPSA) is 220 Å². The maximum Gasteiger partial charge on any atom is 0.347 e. The Hall–Kier alpha value is -3.89. The molecule has 200 valence electrons. The second kappa shape index (κ2) is 10.8. The maximum atomic E-state index is 13.1. The number of carboxylic acid groups (broad SMARTS) is 1. The summed E-state index contributed by atoms with van der Waals surface area (Å²) in [5.41, 5.74) is 18.4. The van der Waals surface area contributed by atoms with Gasteiger partial charge in [-0.05, 0) is 6.92 Å². The Morgan fingerprint density at radius 1 is 1.42 bits per heavy atom. The summed E-state index contributed by atoms with van der Waals surface area (Å²) in [6, 6.07) is 0.637. The third-order valence-corrected chi connectivity index (χ3v) is 8.06. The van der Waals surface area contributed by atoms with Gasteiger partial charge in [-0.25, -0.2) is 9.78 Å². The molecule has 0 radical (unpaired) electrons. The number of rotatable bonds is 9. The molecule has 2 aliphatic heterocycles. The van der Waals surface area contributed by atoms with Crippen molar-refractivity contribution in [2.75, 3.05) is 23.0 Å². The van der Waals surface area contributed by atoms with E-state index in [1.54, 1.807) is 23.0 Å². The molecule has 1 saturated heterocycles. The number of hydrogen-bond acceptors (Lipinski definition) is 12. The number of carboxylic acids is 1. The number of pyridine rings is 1. The van der Waals surface area contributed by atoms with Crippen molar-refractivity contribution in [1.82, 2.24) is 15.2 Å². The molecule has 1 fully saturated rings. The van der Waals surface area contributed by atoms with Gasteiger partial charge in [0.25, 0.3) is 11.8 Å². The average molecular weight is 582 g/mol. The van der Waals surface area contributed by atoms with E-state index in [4.69, 9.17) is 38.7 Å². The molecule has 4 heterocycles. The first kappa shape index (κ1) is 27.2. The number of thioether (sulfide) groups is 1. The van der Waals surface area contributed by atoms with Crippen LogP contribution in [0.1, 0.15) is 12.6 Å². The monoisotopic (exact) mass is 581 g/mol. The van der Waals surface area contributed by atoms with Crippen molar-refractivity contribution in [2.24, 2.45) is 5.16 Å². The van der Waals surface area contributed by atoms with Crippen LogP contribution in [0.2, 0.25) is 4.34 Å². The molecule has 4 rings (SSSR count). The number of carbonyl (C=O) groups excluding carboxylic acids is 3. The molecule has 2 aliphatic rings. The number of fused-ring (bicyclic) bond motifs is 1. The Labute approximate surface area is 228 Å². The number of aldehydes is 1. The quantitative estimate of drug-likeness (QED) is 0.0840. The molecule has 17 heteroatoms. The third-order valence-electron chi connectivity index (χ3n) is 5.64. The van der Waals surface area contributed by atoms with Gasteiger partial charge in [0, 0.05) is 17.4 Å². The smallest absolute Gasteiger partial charge is 0.347 e. The average Bonchev–Trinajstić information content (AvgIpc) is 3.21. The summed E-state index contributed by atoms with van der Waals surface area (Å²) in [5, 5.41) is 14.7. The summed E-state index contributed by atoms with van der Waals surface area (Å²) in [7, 11) is 0. The summed E-state index contributed by atoms with van der Waals surface area (Å²) in [6.07, 6.45) is 2.57. The minimum atomic E-state index is -1.38. The van der Waals surface area contributed by atoms with Gasteiger partial charge in [0.2, 0.25) is 6.10 Å². The number of allylic oxidation sites excluding steroid dienone is 1. The van der Waals surface area contributed by atoms with E-state index in [0.29, 0.717) is 35.5 Å². The molecule has 8 N–H and O–H groups in total. The van der Waals surface area contributed by atoms with Crippen molar-refractivity contribution in [3.63, 3.8) is 0 Å². The number of aromatic nitrogens is 2. The normalized spacial score (nSPS) is 19.9. The largest absolute Gasteiger partial charge is 0.478 e. The van der Waals surface area contributed by atoms with Gasteiger partial charge < -0.3 is 32.5 Å². The van der Waals surface area contributed by atoms with Crippen LogP contribution < -0.4 is 27.1 Å². The predicted molar refractivity (Wildman–Crippen MR) is 140 cm³/mol. The number of halogens is 1. The maximum absolute atomic E-state index is 13.1. The Morgan fingerprint density at radius 2 is 2.16 bits per heavy atom. The molecule has 0 aliphatic carbocycles. The molecule has 0 saturated carbocycles. The van der Waals surface area contributed by atoms with Crippen molar-refractivity contribution in [3.8, 4) is 0 Å². The van der Waals surface area contributed by atoms with Crippen LogP contribution in [-0.2, 0) is 30.6 Å². The number of carbonyl (C=O) groups is 4. The molecule has 2 aromatic heterocycles. The van der Waals surface area contributed by atoms with Gasteiger partial charge in [0.15, 0.2) is 36.1 Å². The number of aliphatic carboxylic acids is 1. The first-order valence-electron chi connectivity index (χ1n) is 10.9. The molecule has 2 aromatic rings. The fourth-order valence-electron chi connectivity index (χ4n) is 3.65. The molecule has 0 bridgehead atoms. The van der Waals surface area contributed by atoms with Crippen molar-refractivity contribution >= 4 is 81.0 Å². The molecular formula is C21H22ClN8O6S2+. The lowest BCUT2D eigenvalue weighted by Gasteiger charge is -2.49. The molecule has 14 nitrogen and oxygen atoms in total. The van der Waals surface area contributed by atoms with Crippen LogP contribution in [0, 0.1) is 0 Å². The first-order chi connectivity index (χ1) is 18.0. The highest BCUT2D eigenvalue weighted by molar-refractivity contribution is 8.00.